The van der Waals surface area contributed by atoms with Crippen LogP contribution in [0.2, 0.25) is 0 Å². The molecule has 0 aliphatic carbocycles. The fraction of sp³-hybridized carbons (Fsp3) is 0.857. The van der Waals surface area contributed by atoms with E-state index in [4.69, 9.17) is 4.74 Å². The number of hydrogen-bond donors (Lipinski definition) is 3. The summed E-state index contributed by atoms with van der Waals surface area (Å²) < 4.78 is 5.92. The normalized spacial score (nSPS) is 13.4. The Bertz CT molecular complexity index is 1020. The molecule has 0 aromatic heterocycles. The van der Waals surface area contributed by atoms with Crippen LogP contribution < -0.4 is 5.32 Å². The largest absolute Gasteiger partial charge is 0.462 e. The fourth-order valence-electron chi connectivity index (χ4n) is 8.39. The Kier molecular flexibility index (Phi) is 48.5. The molecule has 364 valence electrons. The predicted molar refractivity (Wildman–Crippen MR) is 269 cm³/mol. The lowest BCUT2D eigenvalue weighted by Gasteiger charge is -2.24. The summed E-state index contributed by atoms with van der Waals surface area (Å²) in [4.78, 5) is 26.2. The van der Waals surface area contributed by atoms with Gasteiger partial charge < -0.3 is 20.3 Å². The third-order valence-electron chi connectivity index (χ3n) is 12.5. The highest BCUT2D eigenvalue weighted by Gasteiger charge is 2.24. The second kappa shape index (κ2) is 50.1. The minimum atomic E-state index is -0.795. The summed E-state index contributed by atoms with van der Waals surface area (Å²) in [6.45, 7) is 6.38. The first kappa shape index (κ1) is 60.1. The van der Waals surface area contributed by atoms with E-state index >= 15 is 0 Å². The first-order valence-corrected chi connectivity index (χ1v) is 27.2. The van der Waals surface area contributed by atoms with Crippen LogP contribution in [0.4, 0.5) is 0 Å². The van der Waals surface area contributed by atoms with Gasteiger partial charge in [-0.15, -0.1) is 0 Å². The van der Waals surface area contributed by atoms with Crippen molar-refractivity contribution in [2.24, 2.45) is 0 Å². The van der Waals surface area contributed by atoms with Gasteiger partial charge in [-0.2, -0.15) is 0 Å². The van der Waals surface area contributed by atoms with Crippen LogP contribution in [0.15, 0.2) is 36.5 Å². The standard InChI is InChI=1S/C56H105NO5/c1-4-7-10-13-16-19-22-25-27-29-31-34-37-40-43-46-49-56(61)62-52(47-44-41-38-35-32-24-21-18-15-12-9-6-3)50-55(60)57-53(51-58)54(59)48-45-42-39-36-33-30-28-26-23-20-17-14-11-8-5-2/h9,12,18,21,32,35,52-54,58-59H,4-8,10-11,13-17,19-20,22-31,33-34,36-51H2,1-3H3,(H,57,60)/b12-9+,21-18+,35-32+. The van der Waals surface area contributed by atoms with Crippen molar-refractivity contribution in [3.05, 3.63) is 36.5 Å². The predicted octanol–water partition coefficient (Wildman–Crippen LogP) is 16.5. The number of rotatable bonds is 49. The van der Waals surface area contributed by atoms with Crippen molar-refractivity contribution < 1.29 is 24.5 Å². The Hall–Kier alpha value is -1.92. The zero-order chi connectivity index (χ0) is 45.2. The monoisotopic (exact) mass is 872 g/mol. The van der Waals surface area contributed by atoms with E-state index in [0.29, 0.717) is 19.3 Å². The Labute approximate surface area is 385 Å². The van der Waals surface area contributed by atoms with Crippen molar-refractivity contribution in [3.8, 4) is 0 Å². The Morgan fingerprint density at radius 1 is 0.484 bits per heavy atom. The van der Waals surface area contributed by atoms with Crippen molar-refractivity contribution in [2.75, 3.05) is 6.61 Å². The molecule has 0 heterocycles. The van der Waals surface area contributed by atoms with E-state index in [9.17, 15) is 19.8 Å². The highest BCUT2D eigenvalue weighted by Crippen LogP contribution is 2.18. The number of carbonyl (C=O) groups excluding carboxylic acids is 2. The highest BCUT2D eigenvalue weighted by atomic mass is 16.5. The molecule has 62 heavy (non-hydrogen) atoms. The van der Waals surface area contributed by atoms with Crippen molar-refractivity contribution in [1.29, 1.82) is 0 Å². The summed E-state index contributed by atoms with van der Waals surface area (Å²) in [6, 6.07) is -0.711. The first-order chi connectivity index (χ1) is 30.5. The number of allylic oxidation sites excluding steroid dienone is 6. The summed E-state index contributed by atoms with van der Waals surface area (Å²) in [5.74, 6) is -0.499. The fourth-order valence-corrected chi connectivity index (χ4v) is 8.39. The molecule has 0 fully saturated rings. The maximum Gasteiger partial charge on any atom is 0.306 e. The van der Waals surface area contributed by atoms with Gasteiger partial charge in [0, 0.05) is 6.42 Å². The van der Waals surface area contributed by atoms with Crippen molar-refractivity contribution in [2.45, 2.75) is 302 Å². The van der Waals surface area contributed by atoms with Crippen LogP contribution in [0.3, 0.4) is 0 Å². The number of aliphatic hydroxyl groups excluding tert-OH is 2. The minimum absolute atomic E-state index is 0.0555. The number of esters is 1. The highest BCUT2D eigenvalue weighted by molar-refractivity contribution is 5.77. The molecule has 3 unspecified atom stereocenters. The molecule has 6 heteroatoms. The molecule has 0 rings (SSSR count). The molecule has 0 aliphatic rings. The second-order valence-electron chi connectivity index (χ2n) is 18.6. The molecular formula is C56H105NO5. The summed E-state index contributed by atoms with van der Waals surface area (Å²) in [7, 11) is 0. The molecule has 0 aliphatic heterocycles. The van der Waals surface area contributed by atoms with E-state index in [1.54, 1.807) is 0 Å². The van der Waals surface area contributed by atoms with Gasteiger partial charge >= 0.3 is 5.97 Å². The van der Waals surface area contributed by atoms with E-state index in [2.05, 4.69) is 62.5 Å². The number of nitrogens with one attached hydrogen (secondary N) is 1. The lowest BCUT2D eigenvalue weighted by atomic mass is 10.0. The summed E-state index contributed by atoms with van der Waals surface area (Å²) >= 11 is 0. The van der Waals surface area contributed by atoms with Crippen LogP contribution >= 0.6 is 0 Å². The number of hydrogen-bond acceptors (Lipinski definition) is 5. The number of carbonyl (C=O) groups is 2. The van der Waals surface area contributed by atoms with Crippen LogP contribution in [-0.2, 0) is 14.3 Å². The molecule has 0 saturated heterocycles. The van der Waals surface area contributed by atoms with Gasteiger partial charge in [-0.05, 0) is 57.8 Å². The van der Waals surface area contributed by atoms with Gasteiger partial charge in [0.1, 0.15) is 6.10 Å². The molecule has 3 atom stereocenters. The SMILES string of the molecule is CC/C=C/C/C=C/C/C=C/CCCCC(CC(=O)NC(CO)C(O)CCCCCCCCCCCCCCCCC)OC(=O)CCCCCCCCCCCCCCCCCC. The van der Waals surface area contributed by atoms with Gasteiger partial charge in [-0.25, -0.2) is 0 Å². The molecule has 6 nitrogen and oxygen atoms in total. The van der Waals surface area contributed by atoms with Crippen molar-refractivity contribution >= 4 is 11.9 Å². The van der Waals surface area contributed by atoms with E-state index < -0.39 is 18.2 Å². The molecule has 0 saturated carbocycles. The molecule has 3 N–H and O–H groups in total. The molecule has 1 amide bonds. The van der Waals surface area contributed by atoms with Crippen molar-refractivity contribution in [1.82, 2.24) is 5.32 Å². The maximum absolute atomic E-state index is 13.2. The van der Waals surface area contributed by atoms with Gasteiger partial charge in [0.2, 0.25) is 5.91 Å². The van der Waals surface area contributed by atoms with E-state index in [-0.39, 0.29) is 24.9 Å². The van der Waals surface area contributed by atoms with Gasteiger partial charge in [0.25, 0.3) is 0 Å². The van der Waals surface area contributed by atoms with Crippen LogP contribution in [0.25, 0.3) is 0 Å². The van der Waals surface area contributed by atoms with Crippen molar-refractivity contribution in [3.63, 3.8) is 0 Å². The van der Waals surface area contributed by atoms with Gasteiger partial charge in [-0.3, -0.25) is 9.59 Å². The first-order valence-electron chi connectivity index (χ1n) is 27.2. The number of aliphatic hydroxyl groups is 2. The van der Waals surface area contributed by atoms with Crippen LogP contribution in [-0.4, -0.2) is 46.9 Å². The van der Waals surface area contributed by atoms with Crippen LogP contribution in [0, 0.1) is 0 Å². The van der Waals surface area contributed by atoms with Gasteiger partial charge in [-0.1, -0.05) is 250 Å². The number of ether oxygens (including phenoxy) is 1. The number of amides is 1. The lowest BCUT2D eigenvalue weighted by molar-refractivity contribution is -0.151. The second-order valence-corrected chi connectivity index (χ2v) is 18.6. The van der Waals surface area contributed by atoms with Crippen LogP contribution in [0.1, 0.15) is 284 Å². The quantitative estimate of drug-likeness (QED) is 0.0321. The third-order valence-corrected chi connectivity index (χ3v) is 12.5. The topological polar surface area (TPSA) is 95.9 Å². The van der Waals surface area contributed by atoms with Crippen LogP contribution in [0.5, 0.6) is 0 Å². The molecule has 0 bridgehead atoms. The van der Waals surface area contributed by atoms with Gasteiger partial charge in [0.05, 0.1) is 25.2 Å². The Balaban J connectivity index is 4.52. The van der Waals surface area contributed by atoms with E-state index in [1.165, 1.54) is 161 Å². The summed E-state index contributed by atoms with van der Waals surface area (Å²) in [6.07, 6.45) is 59.3. The van der Waals surface area contributed by atoms with Gasteiger partial charge in [0.15, 0.2) is 0 Å². The maximum atomic E-state index is 13.2. The number of unbranched alkanes of at least 4 members (excludes halogenated alkanes) is 31. The smallest absolute Gasteiger partial charge is 0.306 e. The average molecular weight is 872 g/mol. The Morgan fingerprint density at radius 3 is 1.31 bits per heavy atom. The lowest BCUT2D eigenvalue weighted by Crippen LogP contribution is -2.46. The van der Waals surface area contributed by atoms with E-state index in [1.807, 2.05) is 0 Å². The average Bonchev–Trinajstić information content (AvgIpc) is 3.26. The zero-order valence-corrected chi connectivity index (χ0v) is 41.5. The molecule has 0 radical (unpaired) electrons. The third kappa shape index (κ3) is 44.7. The molecule has 0 spiro atoms. The summed E-state index contributed by atoms with van der Waals surface area (Å²) in [5, 5.41) is 23.8. The zero-order valence-electron chi connectivity index (χ0n) is 41.5. The van der Waals surface area contributed by atoms with E-state index in [0.717, 1.165) is 77.0 Å². The summed E-state index contributed by atoms with van der Waals surface area (Å²) in [5.41, 5.74) is 0. The molecule has 0 aromatic carbocycles. The molecule has 0 aromatic rings. The molecular weight excluding hydrogens is 767 g/mol. The Morgan fingerprint density at radius 2 is 0.871 bits per heavy atom. The minimum Gasteiger partial charge on any atom is -0.462 e.